The van der Waals surface area contributed by atoms with Crippen LogP contribution in [0.2, 0.25) is 0 Å². The van der Waals surface area contributed by atoms with Gasteiger partial charge in [0.2, 0.25) is 0 Å². The van der Waals surface area contributed by atoms with Gasteiger partial charge >= 0.3 is 0 Å². The van der Waals surface area contributed by atoms with Crippen molar-refractivity contribution in [3.63, 3.8) is 0 Å². The molecule has 0 N–H and O–H groups in total. The topological polar surface area (TPSA) is 53.1 Å². The summed E-state index contributed by atoms with van der Waals surface area (Å²) < 4.78 is 31.4. The molecule has 0 bridgehead atoms. The molecule has 0 spiro atoms. The molecule has 0 aromatic rings. The summed E-state index contributed by atoms with van der Waals surface area (Å²) in [5.74, 6) is 0. The first-order valence-electron chi connectivity index (χ1n) is 4.51. The molecule has 2 saturated heterocycles. The van der Waals surface area contributed by atoms with Crippen LogP contribution in [-0.2, 0) is 14.9 Å². The van der Waals surface area contributed by atoms with Crippen LogP contribution in [0.4, 0.5) is 0 Å². The third-order valence-corrected chi connectivity index (χ3v) is 4.49. The van der Waals surface area contributed by atoms with Gasteiger partial charge in [-0.25, -0.2) is 0 Å². The van der Waals surface area contributed by atoms with Crippen LogP contribution >= 0.6 is 0 Å². The Hall–Kier alpha value is -0.170. The number of nitrogens with zero attached hydrogens (tertiary/aromatic N) is 2. The molecule has 0 aromatic carbocycles. The lowest BCUT2D eigenvalue weighted by atomic mass is 10.4. The molecule has 1 atom stereocenters. The molecular formula is C7H14N2O3S. The minimum Gasteiger partial charge on any atom is -0.372 e. The lowest BCUT2D eigenvalue weighted by Crippen LogP contribution is -2.35. The molecule has 2 aliphatic heterocycles. The zero-order chi connectivity index (χ0) is 9.47. The Labute approximate surface area is 78.4 Å². The summed E-state index contributed by atoms with van der Waals surface area (Å²) in [6.45, 7) is 4.87. The summed E-state index contributed by atoms with van der Waals surface area (Å²) >= 11 is 0. The zero-order valence-electron chi connectivity index (χ0n) is 7.64. The average molecular weight is 206 g/mol. The Morgan fingerprint density at radius 1 is 1.38 bits per heavy atom. The van der Waals surface area contributed by atoms with E-state index in [0.29, 0.717) is 32.8 Å². The van der Waals surface area contributed by atoms with Crippen LogP contribution in [-0.4, -0.2) is 55.9 Å². The van der Waals surface area contributed by atoms with Gasteiger partial charge < -0.3 is 4.74 Å². The van der Waals surface area contributed by atoms with E-state index in [1.807, 2.05) is 6.92 Å². The lowest BCUT2D eigenvalue weighted by molar-refractivity contribution is 0.349. The van der Waals surface area contributed by atoms with Crippen molar-refractivity contribution in [2.24, 2.45) is 0 Å². The normalized spacial score (nSPS) is 33.8. The van der Waals surface area contributed by atoms with E-state index in [9.17, 15) is 8.42 Å². The smallest absolute Gasteiger partial charge is 0.282 e. The molecule has 0 saturated carbocycles. The maximum Gasteiger partial charge on any atom is 0.282 e. The van der Waals surface area contributed by atoms with Crippen molar-refractivity contribution in [1.82, 2.24) is 8.61 Å². The van der Waals surface area contributed by atoms with Crippen molar-refractivity contribution in [3.05, 3.63) is 0 Å². The summed E-state index contributed by atoms with van der Waals surface area (Å²) in [4.78, 5) is 0. The second kappa shape index (κ2) is 3.20. The zero-order valence-corrected chi connectivity index (χ0v) is 8.46. The van der Waals surface area contributed by atoms with E-state index in [4.69, 9.17) is 4.74 Å². The number of ether oxygens (including phenoxy) is 1. The van der Waals surface area contributed by atoms with Crippen molar-refractivity contribution >= 4 is 10.2 Å². The molecule has 0 amide bonds. The lowest BCUT2D eigenvalue weighted by Gasteiger charge is -2.15. The number of epoxide rings is 1. The Kier molecular flexibility index (Phi) is 2.31. The highest BCUT2D eigenvalue weighted by Crippen LogP contribution is 2.20. The minimum atomic E-state index is -3.15. The van der Waals surface area contributed by atoms with E-state index in [0.717, 1.165) is 0 Å². The Bertz CT molecular complexity index is 286. The van der Waals surface area contributed by atoms with Crippen LogP contribution in [0, 0.1) is 0 Å². The van der Waals surface area contributed by atoms with Crippen LogP contribution in [0.3, 0.4) is 0 Å². The Morgan fingerprint density at radius 3 is 2.46 bits per heavy atom. The molecule has 76 valence electrons. The molecule has 2 fully saturated rings. The fourth-order valence-corrected chi connectivity index (χ4v) is 3.16. The molecule has 2 aliphatic rings. The van der Waals surface area contributed by atoms with Crippen LogP contribution in [0.5, 0.6) is 0 Å². The highest BCUT2D eigenvalue weighted by molar-refractivity contribution is 7.87. The van der Waals surface area contributed by atoms with Gasteiger partial charge in [0, 0.05) is 26.2 Å². The van der Waals surface area contributed by atoms with Crippen LogP contribution in [0.1, 0.15) is 6.92 Å². The number of hydrogen-bond donors (Lipinski definition) is 0. The van der Waals surface area contributed by atoms with Gasteiger partial charge in [0.15, 0.2) is 0 Å². The SMILES string of the molecule is CCN1CCN(CC2CO2)S1(=O)=O. The van der Waals surface area contributed by atoms with Crippen LogP contribution < -0.4 is 0 Å². The quantitative estimate of drug-likeness (QED) is 0.572. The van der Waals surface area contributed by atoms with E-state index in [2.05, 4.69) is 0 Å². The third kappa shape index (κ3) is 1.71. The van der Waals surface area contributed by atoms with E-state index >= 15 is 0 Å². The predicted octanol–water partition coefficient (Wildman–Crippen LogP) is -0.732. The van der Waals surface area contributed by atoms with Gasteiger partial charge in [0.05, 0.1) is 12.7 Å². The van der Waals surface area contributed by atoms with Gasteiger partial charge in [0.1, 0.15) is 0 Å². The summed E-state index contributed by atoms with van der Waals surface area (Å²) in [5, 5.41) is 0. The second-order valence-corrected chi connectivity index (χ2v) is 5.24. The third-order valence-electron chi connectivity index (χ3n) is 2.41. The maximum absolute atomic E-state index is 11.7. The van der Waals surface area contributed by atoms with Crippen LogP contribution in [0.25, 0.3) is 0 Å². The second-order valence-electron chi connectivity index (χ2n) is 3.31. The van der Waals surface area contributed by atoms with Gasteiger partial charge in [-0.3, -0.25) is 0 Å². The maximum atomic E-state index is 11.7. The van der Waals surface area contributed by atoms with Crippen molar-refractivity contribution in [1.29, 1.82) is 0 Å². The first-order chi connectivity index (χ1) is 6.14. The molecule has 0 aromatic heterocycles. The van der Waals surface area contributed by atoms with Crippen molar-refractivity contribution < 1.29 is 13.2 Å². The molecule has 6 heteroatoms. The predicted molar refractivity (Wildman–Crippen MR) is 47.5 cm³/mol. The fourth-order valence-electron chi connectivity index (χ4n) is 1.52. The fraction of sp³-hybridized carbons (Fsp3) is 1.00. The average Bonchev–Trinajstić information content (AvgIpc) is 2.81. The standard InChI is InChI=1S/C7H14N2O3S/c1-2-8-3-4-9(13(8,10)11)5-7-6-12-7/h7H,2-6H2,1H3. The van der Waals surface area contributed by atoms with Gasteiger partial charge in [0.25, 0.3) is 10.2 Å². The summed E-state index contributed by atoms with van der Waals surface area (Å²) in [6.07, 6.45) is 0.145. The minimum absolute atomic E-state index is 0.145. The number of rotatable bonds is 3. The van der Waals surface area contributed by atoms with Gasteiger partial charge in [-0.05, 0) is 0 Å². The highest BCUT2D eigenvalue weighted by atomic mass is 32.2. The van der Waals surface area contributed by atoms with Crippen molar-refractivity contribution in [2.45, 2.75) is 13.0 Å². The molecule has 2 rings (SSSR count). The molecule has 0 radical (unpaired) electrons. The molecule has 1 unspecified atom stereocenters. The molecule has 0 aliphatic carbocycles. The number of likely N-dealkylation sites (N-methyl/N-ethyl adjacent to an activating group) is 1. The molecule has 2 heterocycles. The summed E-state index contributed by atoms with van der Waals surface area (Å²) in [5.41, 5.74) is 0. The Balaban J connectivity index is 2.04. The van der Waals surface area contributed by atoms with Crippen LogP contribution in [0.15, 0.2) is 0 Å². The first-order valence-corrected chi connectivity index (χ1v) is 5.91. The van der Waals surface area contributed by atoms with E-state index in [1.165, 1.54) is 8.61 Å². The largest absolute Gasteiger partial charge is 0.372 e. The molecule has 5 nitrogen and oxygen atoms in total. The highest BCUT2D eigenvalue weighted by Gasteiger charge is 2.39. The first kappa shape index (κ1) is 9.39. The molecule has 13 heavy (non-hydrogen) atoms. The van der Waals surface area contributed by atoms with E-state index in [1.54, 1.807) is 0 Å². The monoisotopic (exact) mass is 206 g/mol. The number of hydrogen-bond acceptors (Lipinski definition) is 3. The Morgan fingerprint density at radius 2 is 2.00 bits per heavy atom. The molecular weight excluding hydrogens is 192 g/mol. The van der Waals surface area contributed by atoms with Gasteiger partial charge in [-0.1, -0.05) is 6.92 Å². The van der Waals surface area contributed by atoms with E-state index in [-0.39, 0.29) is 6.10 Å². The van der Waals surface area contributed by atoms with Gasteiger partial charge in [-0.15, -0.1) is 0 Å². The van der Waals surface area contributed by atoms with E-state index < -0.39 is 10.2 Å². The summed E-state index contributed by atoms with van der Waals surface area (Å²) in [7, 11) is -3.15. The van der Waals surface area contributed by atoms with Gasteiger partial charge in [-0.2, -0.15) is 17.0 Å². The summed E-state index contributed by atoms with van der Waals surface area (Å²) in [6, 6.07) is 0. The van der Waals surface area contributed by atoms with Crippen molar-refractivity contribution in [3.8, 4) is 0 Å². The van der Waals surface area contributed by atoms with Crippen molar-refractivity contribution in [2.75, 3.05) is 32.8 Å².